The van der Waals surface area contributed by atoms with Crippen molar-refractivity contribution in [2.75, 3.05) is 13.7 Å². The molecule has 0 aliphatic heterocycles. The van der Waals surface area contributed by atoms with Crippen LogP contribution in [0.25, 0.3) is 0 Å². The predicted octanol–water partition coefficient (Wildman–Crippen LogP) is 1.60. The Hall–Kier alpha value is -1.43. The molecular formula is C12H21N3O3. The van der Waals surface area contributed by atoms with E-state index >= 15 is 0 Å². The quantitative estimate of drug-likeness (QED) is 0.763. The number of hydrogen-bond acceptors (Lipinski definition) is 4. The van der Waals surface area contributed by atoms with E-state index in [1.807, 2.05) is 0 Å². The van der Waals surface area contributed by atoms with Gasteiger partial charge in [0, 0.05) is 20.1 Å². The number of carbonyl (C=O) groups is 1. The van der Waals surface area contributed by atoms with Crippen LogP contribution in [0.5, 0.6) is 0 Å². The van der Waals surface area contributed by atoms with Crippen LogP contribution in [0.3, 0.4) is 0 Å². The van der Waals surface area contributed by atoms with Crippen LogP contribution in [0.15, 0.2) is 0 Å². The maximum Gasteiger partial charge on any atom is 0.358 e. The maximum absolute atomic E-state index is 11.1. The fraction of sp³-hybridized carbons (Fsp3) is 0.750. The molecule has 1 N–H and O–H groups in total. The van der Waals surface area contributed by atoms with Gasteiger partial charge >= 0.3 is 5.97 Å². The Labute approximate surface area is 107 Å². The van der Waals surface area contributed by atoms with E-state index < -0.39 is 5.97 Å². The smallest absolute Gasteiger partial charge is 0.358 e. The van der Waals surface area contributed by atoms with Crippen molar-refractivity contribution in [3.63, 3.8) is 0 Å². The molecule has 0 spiro atoms. The second kappa shape index (κ2) is 7.10. The summed E-state index contributed by atoms with van der Waals surface area (Å²) in [6.45, 7) is 5.43. The molecule has 0 fully saturated rings. The summed E-state index contributed by atoms with van der Waals surface area (Å²) in [5.41, 5.74) is 0.689. The van der Waals surface area contributed by atoms with Crippen LogP contribution in [0.1, 0.15) is 42.9 Å². The second-order valence-electron chi connectivity index (χ2n) is 4.30. The van der Waals surface area contributed by atoms with Gasteiger partial charge in [-0.1, -0.05) is 31.9 Å². The third kappa shape index (κ3) is 3.53. The Morgan fingerprint density at radius 1 is 1.44 bits per heavy atom. The van der Waals surface area contributed by atoms with E-state index in [-0.39, 0.29) is 5.69 Å². The van der Waals surface area contributed by atoms with Crippen molar-refractivity contribution in [1.82, 2.24) is 15.0 Å². The molecule has 0 unspecified atom stereocenters. The number of hydrogen-bond donors (Lipinski definition) is 1. The lowest BCUT2D eigenvalue weighted by atomic mass is 10.0. The van der Waals surface area contributed by atoms with E-state index in [2.05, 4.69) is 24.2 Å². The molecule has 18 heavy (non-hydrogen) atoms. The summed E-state index contributed by atoms with van der Waals surface area (Å²) in [6, 6.07) is 0. The van der Waals surface area contributed by atoms with Gasteiger partial charge in [-0.15, -0.1) is 5.10 Å². The average Bonchev–Trinajstić information content (AvgIpc) is 2.76. The molecule has 1 aromatic heterocycles. The molecule has 0 atom stereocenters. The van der Waals surface area contributed by atoms with Gasteiger partial charge < -0.3 is 9.84 Å². The molecule has 0 saturated heterocycles. The molecule has 1 aromatic rings. The highest BCUT2D eigenvalue weighted by atomic mass is 16.5. The highest BCUT2D eigenvalue weighted by Crippen LogP contribution is 2.14. The monoisotopic (exact) mass is 255 g/mol. The first-order chi connectivity index (χ1) is 8.63. The largest absolute Gasteiger partial charge is 0.476 e. The zero-order chi connectivity index (χ0) is 13.5. The summed E-state index contributed by atoms with van der Waals surface area (Å²) in [6.07, 6.45) is 2.61. The van der Waals surface area contributed by atoms with Crippen molar-refractivity contribution in [2.24, 2.45) is 5.92 Å². The van der Waals surface area contributed by atoms with Gasteiger partial charge in [0.25, 0.3) is 0 Å². The summed E-state index contributed by atoms with van der Waals surface area (Å²) < 4.78 is 6.71. The summed E-state index contributed by atoms with van der Waals surface area (Å²) in [5.74, 6) is -0.536. The van der Waals surface area contributed by atoms with Crippen LogP contribution >= 0.6 is 0 Å². The van der Waals surface area contributed by atoms with Crippen molar-refractivity contribution in [2.45, 2.75) is 39.7 Å². The molecule has 102 valence electrons. The van der Waals surface area contributed by atoms with Crippen LogP contribution < -0.4 is 0 Å². The molecule has 0 aromatic carbocycles. The van der Waals surface area contributed by atoms with E-state index in [1.165, 1.54) is 0 Å². The summed E-state index contributed by atoms with van der Waals surface area (Å²) >= 11 is 0. The normalized spacial score (nSPS) is 11.1. The number of aromatic carboxylic acids is 1. The van der Waals surface area contributed by atoms with Gasteiger partial charge in [-0.2, -0.15) is 0 Å². The third-order valence-electron chi connectivity index (χ3n) is 3.17. The molecule has 0 radical (unpaired) electrons. The van der Waals surface area contributed by atoms with Crippen LogP contribution in [-0.2, 0) is 17.7 Å². The Bertz CT molecular complexity index is 386. The van der Waals surface area contributed by atoms with E-state index in [0.29, 0.717) is 31.2 Å². The van der Waals surface area contributed by atoms with Gasteiger partial charge in [-0.3, -0.25) is 0 Å². The highest BCUT2D eigenvalue weighted by molar-refractivity contribution is 5.86. The minimum atomic E-state index is -1.03. The van der Waals surface area contributed by atoms with Crippen molar-refractivity contribution < 1.29 is 14.6 Å². The molecule has 0 bridgehead atoms. The lowest BCUT2D eigenvalue weighted by Crippen LogP contribution is -2.15. The minimum absolute atomic E-state index is 0.0398. The Kier molecular flexibility index (Phi) is 5.77. The number of methoxy groups -OCH3 is 1. The summed E-state index contributed by atoms with van der Waals surface area (Å²) in [4.78, 5) is 11.1. The fourth-order valence-electron chi connectivity index (χ4n) is 1.88. The molecule has 6 nitrogen and oxygen atoms in total. The number of carboxylic acid groups (broad SMARTS) is 1. The number of rotatable bonds is 8. The first kappa shape index (κ1) is 14.6. The zero-order valence-corrected chi connectivity index (χ0v) is 11.2. The van der Waals surface area contributed by atoms with Crippen molar-refractivity contribution in [1.29, 1.82) is 0 Å². The van der Waals surface area contributed by atoms with E-state index in [4.69, 9.17) is 9.84 Å². The number of carboxylic acids is 1. The van der Waals surface area contributed by atoms with E-state index in [9.17, 15) is 4.79 Å². The van der Waals surface area contributed by atoms with Gasteiger partial charge in [0.15, 0.2) is 5.69 Å². The van der Waals surface area contributed by atoms with Crippen molar-refractivity contribution in [3.05, 3.63) is 11.4 Å². The molecule has 1 heterocycles. The summed E-state index contributed by atoms with van der Waals surface area (Å²) in [5, 5.41) is 16.8. The SMILES string of the molecule is CCC(CC)Cn1nnc(C(=O)O)c1CCOC. The van der Waals surface area contributed by atoms with Crippen LogP contribution in [-0.4, -0.2) is 39.8 Å². The number of aromatic nitrogens is 3. The average molecular weight is 255 g/mol. The second-order valence-corrected chi connectivity index (χ2v) is 4.30. The van der Waals surface area contributed by atoms with Gasteiger partial charge in [-0.25, -0.2) is 9.48 Å². The maximum atomic E-state index is 11.1. The summed E-state index contributed by atoms with van der Waals surface area (Å²) in [7, 11) is 1.59. The predicted molar refractivity (Wildman–Crippen MR) is 66.6 cm³/mol. The standard InChI is InChI=1S/C12H21N3O3/c1-4-9(5-2)8-15-10(6-7-18-3)11(12(16)17)13-14-15/h9H,4-8H2,1-3H3,(H,16,17). The molecule has 1 rings (SSSR count). The Morgan fingerprint density at radius 2 is 2.11 bits per heavy atom. The minimum Gasteiger partial charge on any atom is -0.476 e. The Balaban J connectivity index is 2.92. The molecule has 0 aliphatic rings. The lowest BCUT2D eigenvalue weighted by molar-refractivity contribution is 0.0688. The number of ether oxygens (including phenoxy) is 1. The third-order valence-corrected chi connectivity index (χ3v) is 3.17. The topological polar surface area (TPSA) is 77.2 Å². The highest BCUT2D eigenvalue weighted by Gasteiger charge is 2.19. The van der Waals surface area contributed by atoms with Crippen molar-refractivity contribution >= 4 is 5.97 Å². The van der Waals surface area contributed by atoms with Crippen LogP contribution in [0, 0.1) is 5.92 Å². The van der Waals surface area contributed by atoms with Gasteiger partial charge in [0.1, 0.15) is 0 Å². The van der Waals surface area contributed by atoms with Crippen molar-refractivity contribution in [3.8, 4) is 0 Å². The van der Waals surface area contributed by atoms with Gasteiger partial charge in [0.2, 0.25) is 0 Å². The molecule has 0 aliphatic carbocycles. The number of nitrogens with zero attached hydrogens (tertiary/aromatic N) is 3. The van der Waals surface area contributed by atoms with E-state index in [0.717, 1.165) is 12.8 Å². The molecule has 0 amide bonds. The Morgan fingerprint density at radius 3 is 2.61 bits per heavy atom. The first-order valence-electron chi connectivity index (χ1n) is 6.28. The lowest BCUT2D eigenvalue weighted by Gasteiger charge is -2.13. The fourth-order valence-corrected chi connectivity index (χ4v) is 1.88. The van der Waals surface area contributed by atoms with Gasteiger partial charge in [0.05, 0.1) is 12.3 Å². The van der Waals surface area contributed by atoms with Crippen LogP contribution in [0.4, 0.5) is 0 Å². The van der Waals surface area contributed by atoms with Gasteiger partial charge in [-0.05, 0) is 5.92 Å². The molecule has 6 heteroatoms. The van der Waals surface area contributed by atoms with Crippen LogP contribution in [0.2, 0.25) is 0 Å². The molecular weight excluding hydrogens is 234 g/mol. The molecule has 0 saturated carbocycles. The first-order valence-corrected chi connectivity index (χ1v) is 6.28. The zero-order valence-electron chi connectivity index (χ0n) is 11.2. The van der Waals surface area contributed by atoms with E-state index in [1.54, 1.807) is 11.8 Å².